The minimum absolute atomic E-state index is 0.380. The van der Waals surface area contributed by atoms with E-state index in [1.54, 1.807) is 0 Å². The van der Waals surface area contributed by atoms with Crippen molar-refractivity contribution in [2.45, 2.75) is 45.4 Å². The van der Waals surface area contributed by atoms with Gasteiger partial charge in [-0.15, -0.1) is 0 Å². The van der Waals surface area contributed by atoms with Crippen molar-refractivity contribution < 1.29 is 4.74 Å². The monoisotopic (exact) mass is 219 g/mol. The lowest BCUT2D eigenvalue weighted by molar-refractivity contribution is 0.128. The fourth-order valence-corrected chi connectivity index (χ4v) is 1.85. The molecule has 1 N–H and O–H groups in total. The molecule has 0 rings (SSSR count). The Labute approximate surface area is 93.2 Å². The van der Waals surface area contributed by atoms with Crippen LogP contribution in [0.25, 0.3) is 0 Å². The standard InChI is InChI=1S/C11H25NOS/c1-6-13-9-10(2)12-7-8-14-11(3,4)5/h10,12H,6-9H2,1-5H3. The van der Waals surface area contributed by atoms with Gasteiger partial charge in [-0.05, 0) is 13.8 Å². The molecule has 3 heteroatoms. The molecule has 0 spiro atoms. The van der Waals surface area contributed by atoms with E-state index < -0.39 is 0 Å². The first-order valence-electron chi connectivity index (χ1n) is 5.41. The van der Waals surface area contributed by atoms with Gasteiger partial charge in [-0.25, -0.2) is 0 Å². The minimum Gasteiger partial charge on any atom is -0.380 e. The summed E-state index contributed by atoms with van der Waals surface area (Å²) in [5, 5.41) is 3.44. The number of hydrogen-bond donors (Lipinski definition) is 1. The third kappa shape index (κ3) is 10.4. The van der Waals surface area contributed by atoms with Crippen molar-refractivity contribution in [2.75, 3.05) is 25.5 Å². The summed E-state index contributed by atoms with van der Waals surface area (Å²) in [6.07, 6.45) is 0. The Morgan fingerprint density at radius 2 is 2.00 bits per heavy atom. The van der Waals surface area contributed by atoms with Crippen molar-refractivity contribution >= 4 is 11.8 Å². The van der Waals surface area contributed by atoms with Crippen molar-refractivity contribution in [2.24, 2.45) is 0 Å². The molecule has 0 aromatic rings. The zero-order valence-electron chi connectivity index (χ0n) is 10.2. The van der Waals surface area contributed by atoms with E-state index in [4.69, 9.17) is 4.74 Å². The summed E-state index contributed by atoms with van der Waals surface area (Å²) in [6.45, 7) is 13.6. The third-order valence-electron chi connectivity index (χ3n) is 1.70. The van der Waals surface area contributed by atoms with E-state index in [2.05, 4.69) is 33.0 Å². The van der Waals surface area contributed by atoms with Crippen LogP contribution < -0.4 is 5.32 Å². The van der Waals surface area contributed by atoms with Crippen LogP contribution in [0, 0.1) is 0 Å². The molecule has 0 bridgehead atoms. The SMILES string of the molecule is CCOCC(C)NCCSC(C)(C)C. The number of nitrogens with one attached hydrogen (secondary N) is 1. The minimum atomic E-state index is 0.380. The Bertz CT molecular complexity index is 134. The van der Waals surface area contributed by atoms with E-state index in [0.717, 1.165) is 19.8 Å². The Balaban J connectivity index is 3.27. The highest BCUT2D eigenvalue weighted by atomic mass is 32.2. The average molecular weight is 219 g/mol. The highest BCUT2D eigenvalue weighted by Crippen LogP contribution is 2.21. The largest absolute Gasteiger partial charge is 0.380 e. The number of rotatable bonds is 7. The van der Waals surface area contributed by atoms with Gasteiger partial charge in [-0.3, -0.25) is 0 Å². The topological polar surface area (TPSA) is 21.3 Å². The van der Waals surface area contributed by atoms with E-state index in [-0.39, 0.29) is 0 Å². The molecule has 2 nitrogen and oxygen atoms in total. The van der Waals surface area contributed by atoms with Crippen LogP contribution in [0.2, 0.25) is 0 Å². The van der Waals surface area contributed by atoms with Crippen LogP contribution >= 0.6 is 11.8 Å². The summed E-state index contributed by atoms with van der Waals surface area (Å²) in [7, 11) is 0. The van der Waals surface area contributed by atoms with Gasteiger partial charge in [-0.2, -0.15) is 11.8 Å². The molecule has 0 aliphatic carbocycles. The summed E-state index contributed by atoms with van der Waals surface area (Å²) in [5.41, 5.74) is 0. The van der Waals surface area contributed by atoms with Gasteiger partial charge in [0.1, 0.15) is 0 Å². The summed E-state index contributed by atoms with van der Waals surface area (Å²) in [4.78, 5) is 0. The first-order valence-corrected chi connectivity index (χ1v) is 6.39. The molecule has 0 aliphatic rings. The summed E-state index contributed by atoms with van der Waals surface area (Å²) in [6, 6.07) is 0.468. The Morgan fingerprint density at radius 1 is 1.36 bits per heavy atom. The van der Waals surface area contributed by atoms with Gasteiger partial charge < -0.3 is 10.1 Å². The molecular formula is C11H25NOS. The van der Waals surface area contributed by atoms with Crippen LogP contribution in [0.15, 0.2) is 0 Å². The van der Waals surface area contributed by atoms with Crippen LogP contribution in [-0.4, -0.2) is 36.3 Å². The Hall–Kier alpha value is 0.270. The predicted molar refractivity (Wildman–Crippen MR) is 66.2 cm³/mol. The molecule has 0 radical (unpaired) electrons. The first-order chi connectivity index (χ1) is 6.45. The van der Waals surface area contributed by atoms with E-state index in [1.165, 1.54) is 5.75 Å². The fourth-order valence-electron chi connectivity index (χ4n) is 1.02. The summed E-state index contributed by atoms with van der Waals surface area (Å²) >= 11 is 2.00. The van der Waals surface area contributed by atoms with Crippen molar-refractivity contribution in [3.63, 3.8) is 0 Å². The Morgan fingerprint density at radius 3 is 2.50 bits per heavy atom. The highest BCUT2D eigenvalue weighted by Gasteiger charge is 2.09. The molecule has 86 valence electrons. The highest BCUT2D eigenvalue weighted by molar-refractivity contribution is 8.00. The Kier molecular flexibility index (Phi) is 7.69. The van der Waals surface area contributed by atoms with Gasteiger partial charge in [0.15, 0.2) is 0 Å². The van der Waals surface area contributed by atoms with Gasteiger partial charge in [0.05, 0.1) is 6.61 Å². The van der Waals surface area contributed by atoms with Crippen molar-refractivity contribution in [3.8, 4) is 0 Å². The smallest absolute Gasteiger partial charge is 0.0616 e. The molecule has 1 unspecified atom stereocenters. The summed E-state index contributed by atoms with van der Waals surface area (Å²) < 4.78 is 5.70. The predicted octanol–water partition coefficient (Wildman–Crippen LogP) is 2.53. The van der Waals surface area contributed by atoms with Crippen LogP contribution in [0.1, 0.15) is 34.6 Å². The van der Waals surface area contributed by atoms with Crippen LogP contribution in [-0.2, 0) is 4.74 Å². The summed E-state index contributed by atoms with van der Waals surface area (Å²) in [5.74, 6) is 1.17. The van der Waals surface area contributed by atoms with E-state index in [0.29, 0.717) is 10.8 Å². The maximum Gasteiger partial charge on any atom is 0.0616 e. The zero-order chi connectivity index (χ0) is 11.0. The zero-order valence-corrected chi connectivity index (χ0v) is 11.0. The molecule has 0 aromatic carbocycles. The van der Waals surface area contributed by atoms with Gasteiger partial charge in [0.2, 0.25) is 0 Å². The molecular weight excluding hydrogens is 194 g/mol. The molecule has 0 saturated heterocycles. The molecule has 0 saturated carbocycles. The van der Waals surface area contributed by atoms with E-state index >= 15 is 0 Å². The molecule has 14 heavy (non-hydrogen) atoms. The molecule has 0 amide bonds. The number of ether oxygens (including phenoxy) is 1. The quantitative estimate of drug-likeness (QED) is 0.665. The molecule has 0 aliphatic heterocycles. The number of hydrogen-bond acceptors (Lipinski definition) is 3. The lowest BCUT2D eigenvalue weighted by Crippen LogP contribution is -2.32. The van der Waals surface area contributed by atoms with E-state index in [1.807, 2.05) is 18.7 Å². The molecule has 0 fully saturated rings. The molecule has 1 atom stereocenters. The third-order valence-corrected chi connectivity index (χ3v) is 2.98. The van der Waals surface area contributed by atoms with Crippen LogP contribution in [0.5, 0.6) is 0 Å². The normalized spacial score (nSPS) is 14.4. The van der Waals surface area contributed by atoms with Crippen molar-refractivity contribution in [1.82, 2.24) is 5.32 Å². The lowest BCUT2D eigenvalue weighted by Gasteiger charge is -2.19. The second-order valence-electron chi connectivity index (χ2n) is 4.48. The second-order valence-corrected chi connectivity index (χ2v) is 6.40. The molecule has 0 heterocycles. The maximum atomic E-state index is 5.32. The first kappa shape index (κ1) is 14.3. The van der Waals surface area contributed by atoms with Crippen molar-refractivity contribution in [3.05, 3.63) is 0 Å². The van der Waals surface area contributed by atoms with Crippen LogP contribution in [0.3, 0.4) is 0 Å². The fraction of sp³-hybridized carbons (Fsp3) is 1.00. The molecule has 0 aromatic heterocycles. The average Bonchev–Trinajstić information content (AvgIpc) is 2.07. The van der Waals surface area contributed by atoms with Gasteiger partial charge in [-0.1, -0.05) is 20.8 Å². The van der Waals surface area contributed by atoms with Gasteiger partial charge in [0.25, 0.3) is 0 Å². The lowest BCUT2D eigenvalue weighted by atomic mass is 10.3. The van der Waals surface area contributed by atoms with Gasteiger partial charge in [0, 0.05) is 29.7 Å². The second kappa shape index (κ2) is 7.55. The van der Waals surface area contributed by atoms with Crippen LogP contribution in [0.4, 0.5) is 0 Å². The van der Waals surface area contributed by atoms with Crippen molar-refractivity contribution in [1.29, 1.82) is 0 Å². The van der Waals surface area contributed by atoms with Gasteiger partial charge >= 0.3 is 0 Å². The van der Waals surface area contributed by atoms with E-state index in [9.17, 15) is 0 Å². The number of thioether (sulfide) groups is 1. The maximum absolute atomic E-state index is 5.32.